The van der Waals surface area contributed by atoms with Gasteiger partial charge in [-0.25, -0.2) is 9.97 Å². The number of alkyl halides is 3. The van der Waals surface area contributed by atoms with Crippen molar-refractivity contribution >= 4 is 23.2 Å². The van der Waals surface area contributed by atoms with Gasteiger partial charge in [0.1, 0.15) is 22.6 Å². The number of esters is 1. The average molecular weight is 590 g/mol. The molecule has 1 saturated heterocycles. The van der Waals surface area contributed by atoms with Crippen LogP contribution >= 0.6 is 0 Å². The van der Waals surface area contributed by atoms with E-state index in [0.29, 0.717) is 17.6 Å². The second kappa shape index (κ2) is 12.0. The van der Waals surface area contributed by atoms with Crippen LogP contribution in [0.5, 0.6) is 0 Å². The normalized spacial score (nSPS) is 15.6. The smallest absolute Gasteiger partial charge is 0.433 e. The van der Waals surface area contributed by atoms with E-state index in [-0.39, 0.29) is 17.6 Å². The highest BCUT2D eigenvalue weighted by Crippen LogP contribution is 2.33. The first-order chi connectivity index (χ1) is 19.5. The van der Waals surface area contributed by atoms with Crippen molar-refractivity contribution in [1.82, 2.24) is 19.3 Å². The van der Waals surface area contributed by atoms with E-state index in [4.69, 9.17) is 9.72 Å². The molecular weight excluding hydrogens is 551 g/mol. The maximum Gasteiger partial charge on any atom is 0.433 e. The van der Waals surface area contributed by atoms with Crippen molar-refractivity contribution in [1.29, 1.82) is 0 Å². The summed E-state index contributed by atoms with van der Waals surface area (Å²) in [5.41, 5.74) is -1.34. The summed E-state index contributed by atoms with van der Waals surface area (Å²) in [6.45, 7) is 11.2. The highest BCUT2D eigenvalue weighted by Gasteiger charge is 2.33. The lowest BCUT2D eigenvalue weighted by Gasteiger charge is -2.31. The summed E-state index contributed by atoms with van der Waals surface area (Å²) in [6.07, 6.45) is 1.70. The van der Waals surface area contributed by atoms with E-state index in [1.165, 1.54) is 6.07 Å². The summed E-state index contributed by atoms with van der Waals surface area (Å²) in [4.78, 5) is 35.5. The lowest BCUT2D eigenvalue weighted by atomic mass is 9.94. The Kier molecular flexibility index (Phi) is 8.98. The number of imidazole rings is 1. The summed E-state index contributed by atoms with van der Waals surface area (Å²) < 4.78 is 46.4. The number of aromatic nitrogens is 3. The van der Waals surface area contributed by atoms with Gasteiger partial charge in [0.25, 0.3) is 5.91 Å². The molecule has 0 bridgehead atoms. The van der Waals surface area contributed by atoms with Crippen molar-refractivity contribution in [3.05, 3.63) is 59.3 Å². The van der Waals surface area contributed by atoms with Crippen LogP contribution < -0.4 is 5.32 Å². The van der Waals surface area contributed by atoms with Gasteiger partial charge in [-0.3, -0.25) is 9.59 Å². The first-order valence-corrected chi connectivity index (χ1v) is 14.0. The van der Waals surface area contributed by atoms with Gasteiger partial charge in [-0.1, -0.05) is 6.07 Å². The average Bonchev–Trinajstić information content (AvgIpc) is 3.30. The molecular formula is C30H38F3N5O4. The van der Waals surface area contributed by atoms with E-state index in [1.807, 2.05) is 27.0 Å². The fraction of sp³-hybridized carbons (Fsp3) is 0.533. The largest absolute Gasteiger partial charge is 0.460 e. The maximum atomic E-state index is 13.1. The highest BCUT2D eigenvalue weighted by molar-refractivity contribution is 6.03. The zero-order chi connectivity index (χ0) is 30.9. The topological polar surface area (TPSA) is 109 Å². The Bertz CT molecular complexity index is 1430. The van der Waals surface area contributed by atoms with Crippen LogP contribution in [0.15, 0.2) is 36.7 Å². The number of ether oxygens (including phenoxy) is 1. The molecule has 3 aromatic heterocycles. The van der Waals surface area contributed by atoms with E-state index in [0.717, 1.165) is 56.7 Å². The molecule has 1 fully saturated rings. The summed E-state index contributed by atoms with van der Waals surface area (Å²) in [7, 11) is 0. The first kappa shape index (κ1) is 31.4. The first-order valence-electron chi connectivity index (χ1n) is 14.0. The molecule has 0 aromatic carbocycles. The number of aliphatic hydroxyl groups is 1. The second-order valence-electron chi connectivity index (χ2n) is 12.3. The van der Waals surface area contributed by atoms with E-state index in [1.54, 1.807) is 30.5 Å². The van der Waals surface area contributed by atoms with Gasteiger partial charge in [0, 0.05) is 30.3 Å². The van der Waals surface area contributed by atoms with E-state index in [9.17, 15) is 27.9 Å². The van der Waals surface area contributed by atoms with Gasteiger partial charge in [0.2, 0.25) is 0 Å². The number of halogens is 3. The van der Waals surface area contributed by atoms with Crippen LogP contribution in [0.3, 0.4) is 0 Å². The molecule has 12 heteroatoms. The van der Waals surface area contributed by atoms with Crippen molar-refractivity contribution in [3.8, 4) is 0 Å². The van der Waals surface area contributed by atoms with Gasteiger partial charge in [-0.2, -0.15) is 13.2 Å². The molecule has 1 aliphatic heterocycles. The Morgan fingerprint density at radius 3 is 2.38 bits per heavy atom. The minimum atomic E-state index is -4.68. The number of piperidine rings is 1. The summed E-state index contributed by atoms with van der Waals surface area (Å²) >= 11 is 0. The van der Waals surface area contributed by atoms with Crippen LogP contribution in [0.4, 0.5) is 18.9 Å². The Balaban J connectivity index is 1.45. The van der Waals surface area contributed by atoms with E-state index in [2.05, 4.69) is 15.2 Å². The molecule has 0 spiro atoms. The number of pyridine rings is 2. The third-order valence-electron chi connectivity index (χ3n) is 7.07. The van der Waals surface area contributed by atoms with Gasteiger partial charge in [-0.15, -0.1) is 0 Å². The summed E-state index contributed by atoms with van der Waals surface area (Å²) in [6, 6.07) is 4.79. The molecule has 1 amide bonds. The van der Waals surface area contributed by atoms with Crippen LogP contribution in [0.2, 0.25) is 0 Å². The van der Waals surface area contributed by atoms with Crippen molar-refractivity contribution in [3.63, 3.8) is 0 Å². The van der Waals surface area contributed by atoms with Crippen LogP contribution in [-0.4, -0.2) is 61.5 Å². The zero-order valence-electron chi connectivity index (χ0n) is 24.6. The Morgan fingerprint density at radius 1 is 1.07 bits per heavy atom. The molecule has 0 atom stereocenters. The number of rotatable bonds is 8. The van der Waals surface area contributed by atoms with Gasteiger partial charge in [-0.05, 0) is 91.7 Å². The number of nitrogens with one attached hydrogen (secondary N) is 1. The molecule has 4 heterocycles. The van der Waals surface area contributed by atoms with E-state index < -0.39 is 34.7 Å². The van der Waals surface area contributed by atoms with Crippen LogP contribution in [0, 0.1) is 0 Å². The van der Waals surface area contributed by atoms with Crippen LogP contribution in [-0.2, 0) is 21.3 Å². The molecule has 0 saturated carbocycles. The zero-order valence-corrected chi connectivity index (χ0v) is 24.6. The monoisotopic (exact) mass is 589 g/mol. The molecule has 4 rings (SSSR count). The van der Waals surface area contributed by atoms with Gasteiger partial charge in [0.15, 0.2) is 0 Å². The predicted molar refractivity (Wildman–Crippen MR) is 151 cm³/mol. The molecule has 3 aromatic rings. The van der Waals surface area contributed by atoms with Crippen LogP contribution in [0.1, 0.15) is 93.7 Å². The van der Waals surface area contributed by atoms with Crippen molar-refractivity contribution in [2.24, 2.45) is 0 Å². The number of carbonyl (C=O) groups is 2. The molecule has 0 aliphatic carbocycles. The van der Waals surface area contributed by atoms with Crippen molar-refractivity contribution < 1.29 is 32.6 Å². The molecule has 0 unspecified atom stereocenters. The molecule has 9 nitrogen and oxygen atoms in total. The van der Waals surface area contributed by atoms with E-state index >= 15 is 0 Å². The fourth-order valence-corrected chi connectivity index (χ4v) is 5.05. The Hall–Kier alpha value is -3.51. The third kappa shape index (κ3) is 8.07. The number of carbonyl (C=O) groups excluding carboxylic acids is 2. The highest BCUT2D eigenvalue weighted by atomic mass is 19.4. The predicted octanol–water partition coefficient (Wildman–Crippen LogP) is 5.53. The molecule has 42 heavy (non-hydrogen) atoms. The molecule has 1 aliphatic rings. The minimum absolute atomic E-state index is 0.186. The maximum absolute atomic E-state index is 13.1. The van der Waals surface area contributed by atoms with Gasteiger partial charge in [0.05, 0.1) is 17.0 Å². The van der Waals surface area contributed by atoms with Crippen LogP contribution in [0.25, 0.3) is 5.65 Å². The molecule has 0 radical (unpaired) electrons. The Morgan fingerprint density at radius 2 is 1.76 bits per heavy atom. The lowest BCUT2D eigenvalue weighted by molar-refractivity contribution is -0.155. The lowest BCUT2D eigenvalue weighted by Crippen LogP contribution is -2.34. The number of anilines is 1. The van der Waals surface area contributed by atoms with Gasteiger partial charge < -0.3 is 24.5 Å². The number of hydrogen-bond acceptors (Lipinski definition) is 7. The van der Waals surface area contributed by atoms with Crippen molar-refractivity contribution in [2.45, 2.75) is 83.6 Å². The van der Waals surface area contributed by atoms with Crippen molar-refractivity contribution in [2.75, 3.05) is 25.0 Å². The number of hydrogen-bond donors (Lipinski definition) is 2. The number of fused-ring (bicyclic) bond motifs is 1. The number of amides is 1. The molecule has 2 N–H and O–H groups in total. The summed E-state index contributed by atoms with van der Waals surface area (Å²) in [5, 5.41) is 13.4. The molecule has 228 valence electrons. The minimum Gasteiger partial charge on any atom is -0.460 e. The van der Waals surface area contributed by atoms with Gasteiger partial charge >= 0.3 is 12.1 Å². The number of likely N-dealkylation sites (tertiary alicyclic amines) is 1. The third-order valence-corrected chi connectivity index (χ3v) is 7.07. The second-order valence-corrected chi connectivity index (χ2v) is 12.3. The quantitative estimate of drug-likeness (QED) is 0.333. The number of nitrogens with zero attached hydrogens (tertiary/aromatic N) is 4. The standard InChI is InChI=1S/C30H38F3N5O4/c1-28(2,3)42-26(39)10-7-13-37-14-11-19(12-15-37)22-17-38-18-23(20(29(4,5)41)16-25(38)35-22)36-27(40)21-8-6-9-24(34-21)30(31,32)33/h6,8-9,16-19,41H,7,10-15H2,1-5H3,(H,36,40). The Labute approximate surface area is 243 Å². The summed E-state index contributed by atoms with van der Waals surface area (Å²) in [5.74, 6) is -0.801. The SMILES string of the molecule is CC(C)(C)OC(=O)CCCN1CCC(c2cn3cc(NC(=O)c4cccc(C(F)(F)F)n4)c(C(C)(C)O)cc3n2)CC1. The fourth-order valence-electron chi connectivity index (χ4n) is 5.05.